The minimum absolute atomic E-state index is 0.115. The van der Waals surface area contributed by atoms with E-state index in [4.69, 9.17) is 14.6 Å². The lowest BCUT2D eigenvalue weighted by Crippen LogP contribution is -2.34. The quantitative estimate of drug-likeness (QED) is 0.791. The number of benzene rings is 1. The molecule has 0 saturated heterocycles. The van der Waals surface area contributed by atoms with Crippen molar-refractivity contribution in [1.29, 1.82) is 0 Å². The Bertz CT molecular complexity index is 537. The van der Waals surface area contributed by atoms with Crippen molar-refractivity contribution in [3.8, 4) is 11.5 Å². The van der Waals surface area contributed by atoms with Crippen LogP contribution in [-0.4, -0.2) is 48.6 Å². The fraction of sp³-hybridized carbons (Fsp3) is 0.250. The lowest BCUT2D eigenvalue weighted by atomic mass is 10.1. The van der Waals surface area contributed by atoms with Gasteiger partial charge in [-0.2, -0.15) is 0 Å². The number of nitrogens with zero attached hydrogens (tertiary/aromatic N) is 1. The van der Waals surface area contributed by atoms with E-state index in [0.29, 0.717) is 16.4 Å². The Kier molecular flexibility index (Phi) is 3.12. The number of methoxy groups -OCH3 is 2. The second-order valence-electron chi connectivity index (χ2n) is 3.84. The van der Waals surface area contributed by atoms with Crippen molar-refractivity contribution in [2.75, 3.05) is 20.8 Å². The van der Waals surface area contributed by atoms with Gasteiger partial charge < -0.3 is 14.6 Å². The zero-order chi connectivity index (χ0) is 14.2. The molecule has 0 atom stereocenters. The van der Waals surface area contributed by atoms with Crippen LogP contribution in [-0.2, 0) is 4.79 Å². The molecule has 1 heterocycles. The predicted octanol–water partition coefficient (Wildman–Crippen LogP) is 0.384. The van der Waals surface area contributed by atoms with Crippen molar-refractivity contribution in [2.45, 2.75) is 0 Å². The Labute approximate surface area is 108 Å². The second kappa shape index (κ2) is 4.60. The Balaban J connectivity index is 2.50. The number of ether oxygens (including phenoxy) is 2. The van der Waals surface area contributed by atoms with Gasteiger partial charge in [-0.1, -0.05) is 0 Å². The van der Waals surface area contributed by atoms with Crippen molar-refractivity contribution >= 4 is 17.8 Å². The van der Waals surface area contributed by atoms with Gasteiger partial charge in [-0.3, -0.25) is 19.3 Å². The summed E-state index contributed by atoms with van der Waals surface area (Å²) in [5.74, 6) is -1.95. The SMILES string of the molecule is COc1cc2c(cc1OC)C(=O)N(CC(=O)O)C2=O. The third kappa shape index (κ3) is 1.99. The average molecular weight is 265 g/mol. The topological polar surface area (TPSA) is 93.1 Å². The van der Waals surface area contributed by atoms with Gasteiger partial charge in [-0.25, -0.2) is 0 Å². The maximum atomic E-state index is 12.0. The van der Waals surface area contributed by atoms with Gasteiger partial charge >= 0.3 is 5.97 Å². The van der Waals surface area contributed by atoms with Crippen molar-refractivity contribution in [3.05, 3.63) is 23.3 Å². The summed E-state index contributed by atoms with van der Waals surface area (Å²) in [5.41, 5.74) is 0.229. The van der Waals surface area contributed by atoms with Crippen LogP contribution in [0.5, 0.6) is 11.5 Å². The number of rotatable bonds is 4. The van der Waals surface area contributed by atoms with Crippen LogP contribution in [0.15, 0.2) is 12.1 Å². The fourth-order valence-electron chi connectivity index (χ4n) is 1.89. The summed E-state index contributed by atoms with van der Waals surface area (Å²) >= 11 is 0. The number of aliphatic carboxylic acids is 1. The Morgan fingerprint density at radius 3 is 1.84 bits per heavy atom. The predicted molar refractivity (Wildman–Crippen MR) is 62.5 cm³/mol. The van der Waals surface area contributed by atoms with Crippen LogP contribution in [0.4, 0.5) is 0 Å². The minimum atomic E-state index is -1.26. The standard InChI is InChI=1S/C12H11NO6/c1-18-8-3-6-7(4-9(8)19-2)12(17)13(11(6)16)5-10(14)15/h3-4H,5H2,1-2H3,(H,14,15). The molecule has 7 heteroatoms. The molecule has 1 N–H and O–H groups in total. The molecule has 2 amide bonds. The summed E-state index contributed by atoms with van der Waals surface area (Å²) < 4.78 is 10.1. The van der Waals surface area contributed by atoms with Crippen LogP contribution in [0.3, 0.4) is 0 Å². The van der Waals surface area contributed by atoms with Gasteiger partial charge in [0.25, 0.3) is 11.8 Å². The van der Waals surface area contributed by atoms with E-state index < -0.39 is 24.3 Å². The molecule has 0 radical (unpaired) electrons. The Morgan fingerprint density at radius 2 is 1.53 bits per heavy atom. The van der Waals surface area contributed by atoms with Crippen LogP contribution in [0.2, 0.25) is 0 Å². The van der Waals surface area contributed by atoms with E-state index in [0.717, 1.165) is 0 Å². The first-order valence-electron chi connectivity index (χ1n) is 5.33. The van der Waals surface area contributed by atoms with Crippen LogP contribution in [0.25, 0.3) is 0 Å². The van der Waals surface area contributed by atoms with Gasteiger partial charge in [0, 0.05) is 0 Å². The smallest absolute Gasteiger partial charge is 0.323 e. The van der Waals surface area contributed by atoms with E-state index in [1.54, 1.807) is 0 Å². The van der Waals surface area contributed by atoms with Crippen LogP contribution in [0.1, 0.15) is 20.7 Å². The van der Waals surface area contributed by atoms with Crippen LogP contribution < -0.4 is 9.47 Å². The van der Waals surface area contributed by atoms with E-state index in [1.165, 1.54) is 26.4 Å². The van der Waals surface area contributed by atoms with Crippen LogP contribution in [0, 0.1) is 0 Å². The zero-order valence-electron chi connectivity index (χ0n) is 10.3. The normalized spacial score (nSPS) is 13.5. The van der Waals surface area contributed by atoms with Gasteiger partial charge in [0.15, 0.2) is 11.5 Å². The number of carboxylic acid groups (broad SMARTS) is 1. The van der Waals surface area contributed by atoms with Gasteiger partial charge in [-0.05, 0) is 12.1 Å². The highest BCUT2D eigenvalue weighted by atomic mass is 16.5. The molecule has 1 aromatic carbocycles. The van der Waals surface area contributed by atoms with Crippen molar-refractivity contribution < 1.29 is 29.0 Å². The average Bonchev–Trinajstić information content (AvgIpc) is 2.61. The first-order valence-corrected chi connectivity index (χ1v) is 5.33. The first-order chi connectivity index (χ1) is 8.99. The summed E-state index contributed by atoms with van der Waals surface area (Å²) in [7, 11) is 2.81. The molecule has 1 aliphatic rings. The Hall–Kier alpha value is -2.57. The van der Waals surface area contributed by atoms with E-state index >= 15 is 0 Å². The molecule has 2 rings (SSSR count). The van der Waals surface area contributed by atoms with Gasteiger partial charge in [0.05, 0.1) is 25.3 Å². The highest BCUT2D eigenvalue weighted by Crippen LogP contribution is 2.34. The maximum absolute atomic E-state index is 12.0. The Morgan fingerprint density at radius 1 is 1.11 bits per heavy atom. The number of carboxylic acids is 1. The van der Waals surface area contributed by atoms with Gasteiger partial charge in [0.1, 0.15) is 6.54 Å². The number of amides is 2. The zero-order valence-corrected chi connectivity index (χ0v) is 10.3. The number of carbonyl (C=O) groups is 3. The molecule has 0 unspecified atom stereocenters. The molecule has 0 spiro atoms. The van der Waals surface area contributed by atoms with E-state index in [9.17, 15) is 14.4 Å². The molecule has 100 valence electrons. The minimum Gasteiger partial charge on any atom is -0.493 e. The lowest BCUT2D eigenvalue weighted by Gasteiger charge is -2.09. The molecule has 1 aromatic rings. The molecule has 0 bridgehead atoms. The van der Waals surface area contributed by atoms with E-state index in [-0.39, 0.29) is 11.1 Å². The van der Waals surface area contributed by atoms with Gasteiger partial charge in [-0.15, -0.1) is 0 Å². The highest BCUT2D eigenvalue weighted by Gasteiger charge is 2.38. The molecular weight excluding hydrogens is 254 g/mol. The summed E-state index contributed by atoms with van der Waals surface area (Å²) in [6.45, 7) is -0.670. The number of hydrogen-bond acceptors (Lipinski definition) is 5. The molecule has 0 aliphatic carbocycles. The van der Waals surface area contributed by atoms with E-state index in [2.05, 4.69) is 0 Å². The van der Waals surface area contributed by atoms with Crippen LogP contribution >= 0.6 is 0 Å². The first kappa shape index (κ1) is 12.9. The molecule has 0 fully saturated rings. The third-order valence-corrected chi connectivity index (χ3v) is 2.77. The number of imide groups is 1. The number of hydrogen-bond donors (Lipinski definition) is 1. The molecule has 0 saturated carbocycles. The second-order valence-corrected chi connectivity index (χ2v) is 3.84. The molecule has 1 aliphatic heterocycles. The number of fused-ring (bicyclic) bond motifs is 1. The number of carbonyl (C=O) groups excluding carboxylic acids is 2. The largest absolute Gasteiger partial charge is 0.493 e. The highest BCUT2D eigenvalue weighted by molar-refractivity contribution is 6.22. The molecular formula is C12H11NO6. The lowest BCUT2D eigenvalue weighted by molar-refractivity contribution is -0.137. The maximum Gasteiger partial charge on any atom is 0.323 e. The molecule has 0 aromatic heterocycles. The fourth-order valence-corrected chi connectivity index (χ4v) is 1.89. The summed E-state index contributed by atoms with van der Waals surface area (Å²) in [6, 6.07) is 2.74. The molecule has 7 nitrogen and oxygen atoms in total. The van der Waals surface area contributed by atoms with Crippen molar-refractivity contribution in [1.82, 2.24) is 4.90 Å². The summed E-state index contributed by atoms with van der Waals surface area (Å²) in [6.07, 6.45) is 0. The van der Waals surface area contributed by atoms with Crippen molar-refractivity contribution in [3.63, 3.8) is 0 Å². The van der Waals surface area contributed by atoms with Crippen molar-refractivity contribution in [2.24, 2.45) is 0 Å². The van der Waals surface area contributed by atoms with Gasteiger partial charge in [0.2, 0.25) is 0 Å². The summed E-state index contributed by atoms with van der Waals surface area (Å²) in [5, 5.41) is 8.69. The molecule has 19 heavy (non-hydrogen) atoms. The third-order valence-electron chi connectivity index (χ3n) is 2.77. The monoisotopic (exact) mass is 265 g/mol. The summed E-state index contributed by atoms with van der Waals surface area (Å²) in [4.78, 5) is 35.2. The van der Waals surface area contributed by atoms with E-state index in [1.807, 2.05) is 0 Å².